The number of benzene rings is 1. The number of hydrogen-bond donors (Lipinski definition) is 3. The van der Waals surface area contributed by atoms with Gasteiger partial charge in [-0.15, -0.1) is 0 Å². The number of nitrogens with one attached hydrogen (secondary N) is 3. The summed E-state index contributed by atoms with van der Waals surface area (Å²) in [5.41, 5.74) is 4.37. The summed E-state index contributed by atoms with van der Waals surface area (Å²) in [5.74, 6) is 1.41. The van der Waals surface area contributed by atoms with E-state index < -0.39 is 0 Å². The standard InChI is InChI=1S/C28H39N5O3/c1-7-8-9-20(26-30-19-11-10-18(14-21(19)31-26)36-13-12-33(5)6)32-27(35)25-17(2)24-22(29-25)15-28(3,4)16-23(24)34/h10-11,14,20,29H,7-9,12-13,15-16H2,1-6H3,(H,30,31)(H,32,35)/t20-/m0/s1. The molecule has 1 aliphatic rings. The Morgan fingerprint density at radius 3 is 2.75 bits per heavy atom. The quantitative estimate of drug-likeness (QED) is 0.371. The molecule has 0 radical (unpaired) electrons. The fraction of sp³-hybridized carbons (Fsp3) is 0.536. The predicted octanol–water partition coefficient (Wildman–Crippen LogP) is 4.96. The lowest BCUT2D eigenvalue weighted by atomic mass is 9.75. The van der Waals surface area contributed by atoms with Gasteiger partial charge in [0.15, 0.2) is 5.78 Å². The first-order valence-electron chi connectivity index (χ1n) is 12.9. The van der Waals surface area contributed by atoms with Crippen LogP contribution in [0.2, 0.25) is 0 Å². The zero-order chi connectivity index (χ0) is 26.0. The smallest absolute Gasteiger partial charge is 0.268 e. The van der Waals surface area contributed by atoms with Crippen LogP contribution in [0.1, 0.15) is 90.4 Å². The minimum atomic E-state index is -0.269. The molecule has 0 bridgehead atoms. The number of imidazole rings is 1. The highest BCUT2D eigenvalue weighted by molar-refractivity contribution is 6.04. The van der Waals surface area contributed by atoms with Crippen molar-refractivity contribution in [1.29, 1.82) is 0 Å². The van der Waals surface area contributed by atoms with Crippen molar-refractivity contribution < 1.29 is 14.3 Å². The largest absolute Gasteiger partial charge is 0.492 e. The van der Waals surface area contributed by atoms with Gasteiger partial charge in [-0.05, 0) is 57.0 Å². The van der Waals surface area contributed by atoms with E-state index in [-0.39, 0.29) is 23.1 Å². The number of aromatic nitrogens is 3. The van der Waals surface area contributed by atoms with Crippen LogP contribution < -0.4 is 10.1 Å². The lowest BCUT2D eigenvalue weighted by Gasteiger charge is -2.28. The molecule has 3 aromatic rings. The van der Waals surface area contributed by atoms with E-state index in [2.05, 4.69) is 41.0 Å². The van der Waals surface area contributed by atoms with Crippen LogP contribution in [-0.2, 0) is 6.42 Å². The molecule has 1 atom stereocenters. The maximum atomic E-state index is 13.4. The first kappa shape index (κ1) is 25.9. The fourth-order valence-corrected chi connectivity index (χ4v) is 4.98. The lowest BCUT2D eigenvalue weighted by molar-refractivity contribution is 0.0908. The Morgan fingerprint density at radius 1 is 1.25 bits per heavy atom. The molecule has 2 aromatic heterocycles. The molecule has 1 aliphatic carbocycles. The Labute approximate surface area is 213 Å². The maximum Gasteiger partial charge on any atom is 0.268 e. The van der Waals surface area contributed by atoms with E-state index in [1.165, 1.54) is 0 Å². The number of nitrogens with zero attached hydrogens (tertiary/aromatic N) is 2. The number of carbonyl (C=O) groups is 2. The first-order chi connectivity index (χ1) is 17.1. The van der Waals surface area contributed by atoms with Crippen LogP contribution in [0.15, 0.2) is 18.2 Å². The van der Waals surface area contributed by atoms with Crippen molar-refractivity contribution in [3.8, 4) is 5.75 Å². The van der Waals surface area contributed by atoms with Gasteiger partial charge in [0.1, 0.15) is 23.9 Å². The van der Waals surface area contributed by atoms with Crippen molar-refractivity contribution in [3.05, 3.63) is 46.5 Å². The third kappa shape index (κ3) is 5.64. The predicted molar refractivity (Wildman–Crippen MR) is 142 cm³/mol. The van der Waals surface area contributed by atoms with Gasteiger partial charge in [-0.2, -0.15) is 0 Å². The van der Waals surface area contributed by atoms with Crippen LogP contribution in [0.5, 0.6) is 5.75 Å². The number of carbonyl (C=O) groups excluding carboxylic acids is 2. The van der Waals surface area contributed by atoms with E-state index in [1.807, 2.05) is 39.2 Å². The number of aromatic amines is 2. The molecule has 0 saturated heterocycles. The van der Waals surface area contributed by atoms with Crippen LogP contribution in [0.3, 0.4) is 0 Å². The van der Waals surface area contributed by atoms with Crippen molar-refractivity contribution in [3.63, 3.8) is 0 Å². The second kappa shape index (κ2) is 10.5. The summed E-state index contributed by atoms with van der Waals surface area (Å²) in [7, 11) is 4.03. The Bertz CT molecular complexity index is 1250. The highest BCUT2D eigenvalue weighted by atomic mass is 16.5. The summed E-state index contributed by atoms with van der Waals surface area (Å²) in [6.07, 6.45) is 3.98. The zero-order valence-corrected chi connectivity index (χ0v) is 22.4. The Balaban J connectivity index is 1.56. The monoisotopic (exact) mass is 493 g/mol. The average molecular weight is 494 g/mol. The number of unbranched alkanes of at least 4 members (excludes halogenated alkanes) is 1. The third-order valence-corrected chi connectivity index (χ3v) is 6.89. The van der Waals surface area contributed by atoms with Gasteiger partial charge < -0.3 is 24.9 Å². The molecular weight excluding hydrogens is 454 g/mol. The van der Waals surface area contributed by atoms with Gasteiger partial charge in [-0.1, -0.05) is 33.6 Å². The Hall–Kier alpha value is -3.13. The third-order valence-electron chi connectivity index (χ3n) is 6.89. The molecule has 194 valence electrons. The summed E-state index contributed by atoms with van der Waals surface area (Å²) in [6, 6.07) is 5.55. The topological polar surface area (TPSA) is 103 Å². The number of H-pyrrole nitrogens is 2. The zero-order valence-electron chi connectivity index (χ0n) is 22.4. The molecule has 0 saturated carbocycles. The summed E-state index contributed by atoms with van der Waals surface area (Å²) in [4.78, 5) is 39.8. The van der Waals surface area contributed by atoms with Gasteiger partial charge in [0.05, 0.1) is 17.1 Å². The minimum Gasteiger partial charge on any atom is -0.492 e. The van der Waals surface area contributed by atoms with Crippen molar-refractivity contribution in [2.24, 2.45) is 5.41 Å². The number of Topliss-reactive ketones (excluding diaryl/α,β-unsaturated/α-hetero) is 1. The molecule has 4 rings (SSSR count). The van der Waals surface area contributed by atoms with E-state index in [1.54, 1.807) is 0 Å². The van der Waals surface area contributed by atoms with E-state index in [9.17, 15) is 9.59 Å². The van der Waals surface area contributed by atoms with Crippen molar-refractivity contribution in [2.75, 3.05) is 27.2 Å². The highest BCUT2D eigenvalue weighted by Gasteiger charge is 2.35. The maximum absolute atomic E-state index is 13.4. The van der Waals surface area contributed by atoms with Gasteiger partial charge in [0.2, 0.25) is 0 Å². The fourth-order valence-electron chi connectivity index (χ4n) is 4.98. The number of likely N-dealkylation sites (N-methyl/N-ethyl adjacent to an activating group) is 1. The second-order valence-corrected chi connectivity index (χ2v) is 11.0. The molecular formula is C28H39N5O3. The van der Waals surface area contributed by atoms with Crippen LogP contribution in [0.4, 0.5) is 0 Å². The molecule has 0 spiro atoms. The lowest BCUT2D eigenvalue weighted by Crippen LogP contribution is -2.30. The van der Waals surface area contributed by atoms with Gasteiger partial charge in [-0.3, -0.25) is 9.59 Å². The Morgan fingerprint density at radius 2 is 2.03 bits per heavy atom. The molecule has 2 heterocycles. The summed E-state index contributed by atoms with van der Waals surface area (Å²) >= 11 is 0. The van der Waals surface area contributed by atoms with E-state index in [4.69, 9.17) is 9.72 Å². The molecule has 0 aliphatic heterocycles. The number of amides is 1. The average Bonchev–Trinajstić information content (AvgIpc) is 3.36. The second-order valence-electron chi connectivity index (χ2n) is 11.0. The summed E-state index contributed by atoms with van der Waals surface area (Å²) in [6.45, 7) is 9.61. The van der Waals surface area contributed by atoms with E-state index in [0.717, 1.165) is 66.1 Å². The summed E-state index contributed by atoms with van der Waals surface area (Å²) in [5, 5.41) is 3.18. The number of hydrogen-bond acceptors (Lipinski definition) is 5. The minimum absolute atomic E-state index is 0.109. The van der Waals surface area contributed by atoms with Crippen LogP contribution in [-0.4, -0.2) is 58.8 Å². The van der Waals surface area contributed by atoms with Crippen LogP contribution >= 0.6 is 0 Å². The van der Waals surface area contributed by atoms with Gasteiger partial charge in [-0.25, -0.2) is 4.98 Å². The van der Waals surface area contributed by atoms with Crippen molar-refractivity contribution in [1.82, 2.24) is 25.2 Å². The highest BCUT2D eigenvalue weighted by Crippen LogP contribution is 2.37. The molecule has 36 heavy (non-hydrogen) atoms. The van der Waals surface area contributed by atoms with Crippen molar-refractivity contribution >= 4 is 22.7 Å². The number of ether oxygens (including phenoxy) is 1. The number of ketones is 1. The van der Waals surface area contributed by atoms with E-state index >= 15 is 0 Å². The molecule has 1 amide bonds. The molecule has 3 N–H and O–H groups in total. The van der Waals surface area contributed by atoms with Crippen LogP contribution in [0.25, 0.3) is 11.0 Å². The molecule has 1 aromatic carbocycles. The number of rotatable bonds is 10. The molecule has 8 heteroatoms. The van der Waals surface area contributed by atoms with Crippen molar-refractivity contribution in [2.45, 2.75) is 65.8 Å². The van der Waals surface area contributed by atoms with Gasteiger partial charge in [0.25, 0.3) is 5.91 Å². The molecule has 0 fully saturated rings. The molecule has 0 unspecified atom stereocenters. The van der Waals surface area contributed by atoms with Crippen LogP contribution in [0, 0.1) is 12.3 Å². The van der Waals surface area contributed by atoms with E-state index in [0.29, 0.717) is 24.3 Å². The Kier molecular flexibility index (Phi) is 7.54. The normalized spacial score (nSPS) is 15.8. The van der Waals surface area contributed by atoms with Gasteiger partial charge >= 0.3 is 0 Å². The first-order valence-corrected chi connectivity index (χ1v) is 12.9. The van der Waals surface area contributed by atoms with Gasteiger partial charge in [0, 0.05) is 30.3 Å². The molecule has 8 nitrogen and oxygen atoms in total. The number of fused-ring (bicyclic) bond motifs is 2. The summed E-state index contributed by atoms with van der Waals surface area (Å²) < 4.78 is 5.87. The SMILES string of the molecule is CCCC[C@H](NC(=O)c1[nH]c2c(c1C)C(=O)CC(C)(C)C2)c1nc2ccc(OCCN(C)C)cc2[nH]1.